The number of thioether (sulfide) groups is 1. The smallest absolute Gasteiger partial charge is 0.118 e. The summed E-state index contributed by atoms with van der Waals surface area (Å²) in [6, 6.07) is 12.9. The number of rotatable bonds is 8. The van der Waals surface area contributed by atoms with Gasteiger partial charge in [0.15, 0.2) is 0 Å². The van der Waals surface area contributed by atoms with Crippen molar-refractivity contribution < 1.29 is 9.84 Å². The van der Waals surface area contributed by atoms with Crippen LogP contribution in [0.4, 0.5) is 0 Å². The van der Waals surface area contributed by atoms with Gasteiger partial charge < -0.3 is 9.84 Å². The fourth-order valence-electron chi connectivity index (χ4n) is 4.41. The molecule has 2 aromatic carbocycles. The van der Waals surface area contributed by atoms with Crippen LogP contribution in [-0.2, 0) is 12.8 Å². The lowest BCUT2D eigenvalue weighted by atomic mass is 9.80. The Labute approximate surface area is 180 Å². The molecule has 156 valence electrons. The molecule has 29 heavy (non-hydrogen) atoms. The predicted molar refractivity (Wildman–Crippen MR) is 125 cm³/mol. The van der Waals surface area contributed by atoms with Crippen LogP contribution in [0.3, 0.4) is 0 Å². The van der Waals surface area contributed by atoms with Gasteiger partial charge in [0.1, 0.15) is 5.75 Å². The first-order chi connectivity index (χ1) is 14.0. The van der Waals surface area contributed by atoms with Crippen molar-refractivity contribution in [3.63, 3.8) is 0 Å². The average molecular weight is 411 g/mol. The second-order valence-corrected chi connectivity index (χ2v) is 9.18. The molecular weight excluding hydrogens is 376 g/mol. The van der Waals surface area contributed by atoms with Gasteiger partial charge in [-0.2, -0.15) is 0 Å². The molecule has 0 radical (unpaired) electrons. The Morgan fingerprint density at radius 1 is 1.07 bits per heavy atom. The van der Waals surface area contributed by atoms with E-state index in [9.17, 15) is 5.11 Å². The molecule has 3 rings (SSSR count). The summed E-state index contributed by atoms with van der Waals surface area (Å²) >= 11 is 1.89. The molecule has 0 saturated carbocycles. The summed E-state index contributed by atoms with van der Waals surface area (Å²) in [5, 5.41) is 10.9. The fourth-order valence-corrected chi connectivity index (χ4v) is 5.43. The van der Waals surface area contributed by atoms with E-state index in [0.717, 1.165) is 43.6 Å². The second kappa shape index (κ2) is 10.2. The van der Waals surface area contributed by atoms with E-state index in [2.05, 4.69) is 45.0 Å². The number of methoxy groups -OCH3 is 1. The topological polar surface area (TPSA) is 29.5 Å². The van der Waals surface area contributed by atoms with E-state index in [1.54, 1.807) is 7.11 Å². The molecule has 1 N–H and O–H groups in total. The predicted octanol–water partition coefficient (Wildman–Crippen LogP) is 7.38. The number of hydrogen-bond donors (Lipinski definition) is 1. The zero-order chi connectivity index (χ0) is 20.8. The number of aliphatic hydroxyl groups excluding tert-OH is 1. The van der Waals surface area contributed by atoms with Crippen LogP contribution in [0.2, 0.25) is 0 Å². The molecule has 3 heteroatoms. The number of aryl methyl sites for hydroxylation is 3. The highest BCUT2D eigenvalue weighted by Crippen LogP contribution is 2.39. The van der Waals surface area contributed by atoms with Gasteiger partial charge in [0, 0.05) is 11.3 Å². The third-order valence-electron chi connectivity index (χ3n) is 6.00. The summed E-state index contributed by atoms with van der Waals surface area (Å²) in [4.78, 5) is 1.28. The van der Waals surface area contributed by atoms with Crippen LogP contribution in [0.5, 0.6) is 5.75 Å². The van der Waals surface area contributed by atoms with Gasteiger partial charge in [0.25, 0.3) is 0 Å². The Balaban J connectivity index is 1.65. The van der Waals surface area contributed by atoms with Crippen LogP contribution in [-0.4, -0.2) is 18.0 Å². The maximum absolute atomic E-state index is 10.9. The molecular formula is C26H34O2S. The van der Waals surface area contributed by atoms with Crippen molar-refractivity contribution in [2.75, 3.05) is 12.9 Å². The van der Waals surface area contributed by atoms with Gasteiger partial charge in [0.05, 0.1) is 12.9 Å². The van der Waals surface area contributed by atoms with E-state index in [0.29, 0.717) is 11.7 Å². The molecule has 1 unspecified atom stereocenters. The van der Waals surface area contributed by atoms with Crippen molar-refractivity contribution >= 4 is 17.3 Å². The third kappa shape index (κ3) is 5.39. The number of allylic oxidation sites excluding steroid dienone is 2. The lowest BCUT2D eigenvalue weighted by Gasteiger charge is -2.27. The quantitative estimate of drug-likeness (QED) is 0.460. The van der Waals surface area contributed by atoms with Crippen molar-refractivity contribution in [2.24, 2.45) is 5.92 Å². The van der Waals surface area contributed by atoms with Crippen LogP contribution in [0.1, 0.15) is 61.8 Å². The van der Waals surface area contributed by atoms with Gasteiger partial charge in [-0.05, 0) is 97.2 Å². The van der Waals surface area contributed by atoms with Gasteiger partial charge in [-0.1, -0.05) is 31.5 Å². The highest BCUT2D eigenvalue weighted by molar-refractivity contribution is 7.99. The van der Waals surface area contributed by atoms with Gasteiger partial charge in [-0.3, -0.25) is 0 Å². The van der Waals surface area contributed by atoms with Crippen molar-refractivity contribution in [3.8, 4) is 5.75 Å². The molecule has 0 aromatic heterocycles. The number of benzene rings is 2. The van der Waals surface area contributed by atoms with Gasteiger partial charge in [-0.15, -0.1) is 11.8 Å². The monoisotopic (exact) mass is 410 g/mol. The molecule has 0 amide bonds. The highest BCUT2D eigenvalue weighted by Gasteiger charge is 2.24. The zero-order valence-electron chi connectivity index (χ0n) is 18.3. The molecule has 0 saturated heterocycles. The molecule has 0 fully saturated rings. The summed E-state index contributed by atoms with van der Waals surface area (Å²) in [6.07, 6.45) is 6.16. The van der Waals surface area contributed by atoms with E-state index in [1.807, 2.05) is 23.9 Å². The van der Waals surface area contributed by atoms with E-state index in [1.165, 1.54) is 39.1 Å². The maximum Gasteiger partial charge on any atom is 0.118 e. The van der Waals surface area contributed by atoms with Gasteiger partial charge >= 0.3 is 0 Å². The summed E-state index contributed by atoms with van der Waals surface area (Å²) in [5.74, 6) is 3.19. The summed E-state index contributed by atoms with van der Waals surface area (Å²) < 4.78 is 5.22. The Morgan fingerprint density at radius 2 is 1.72 bits per heavy atom. The molecule has 1 atom stereocenters. The Morgan fingerprint density at radius 3 is 2.28 bits per heavy atom. The molecule has 2 aromatic rings. The average Bonchev–Trinajstić information content (AvgIpc) is 2.74. The maximum atomic E-state index is 10.9. The number of ether oxygens (including phenoxy) is 1. The minimum atomic E-state index is 0.574. The first kappa shape index (κ1) is 21.8. The largest absolute Gasteiger partial charge is 0.512 e. The first-order valence-corrected chi connectivity index (χ1v) is 11.8. The molecule has 2 nitrogen and oxygen atoms in total. The third-order valence-corrected chi connectivity index (χ3v) is 7.04. The molecule has 0 aliphatic heterocycles. The van der Waals surface area contributed by atoms with Gasteiger partial charge in [-0.25, -0.2) is 0 Å². The first-order valence-electron chi connectivity index (χ1n) is 10.9. The van der Waals surface area contributed by atoms with E-state index < -0.39 is 0 Å². The molecule has 0 heterocycles. The van der Waals surface area contributed by atoms with Crippen molar-refractivity contribution in [3.05, 3.63) is 64.4 Å². The lowest BCUT2D eigenvalue weighted by molar-refractivity contribution is 0.323. The molecule has 0 spiro atoms. The fraction of sp³-hybridized carbons (Fsp3) is 0.462. The normalized spacial score (nSPS) is 16.9. The minimum absolute atomic E-state index is 0.574. The summed E-state index contributed by atoms with van der Waals surface area (Å²) in [5.41, 5.74) is 6.64. The highest BCUT2D eigenvalue weighted by atomic mass is 32.2. The van der Waals surface area contributed by atoms with E-state index in [-0.39, 0.29) is 0 Å². The van der Waals surface area contributed by atoms with Crippen LogP contribution >= 0.6 is 11.8 Å². The van der Waals surface area contributed by atoms with Crippen LogP contribution in [0.25, 0.3) is 5.57 Å². The minimum Gasteiger partial charge on any atom is -0.512 e. The summed E-state index contributed by atoms with van der Waals surface area (Å²) in [6.45, 7) is 6.61. The zero-order valence-corrected chi connectivity index (χ0v) is 19.1. The Hall–Kier alpha value is -1.87. The SMILES string of the molecule is CCc1cc(C)cc(CC)c1C1=C(O)CC(CCSc2ccc(OC)cc2)CC1. The van der Waals surface area contributed by atoms with Crippen LogP contribution < -0.4 is 4.74 Å². The van der Waals surface area contributed by atoms with Crippen LogP contribution in [0, 0.1) is 12.8 Å². The van der Waals surface area contributed by atoms with E-state index in [4.69, 9.17) is 4.74 Å². The van der Waals surface area contributed by atoms with Crippen molar-refractivity contribution in [1.29, 1.82) is 0 Å². The molecule has 1 aliphatic carbocycles. The van der Waals surface area contributed by atoms with Crippen molar-refractivity contribution in [2.45, 2.75) is 64.2 Å². The molecule has 0 bridgehead atoms. The van der Waals surface area contributed by atoms with Gasteiger partial charge in [0.2, 0.25) is 0 Å². The van der Waals surface area contributed by atoms with E-state index >= 15 is 0 Å². The second-order valence-electron chi connectivity index (χ2n) is 8.01. The Kier molecular flexibility index (Phi) is 7.71. The standard InChI is InChI=1S/C26H34O2S/c1-5-20-15-18(3)16-21(6-2)26(20)24-12-7-19(17-25(24)27)13-14-29-23-10-8-22(28-4)9-11-23/h8-11,15-16,19,27H,5-7,12-14,17H2,1-4H3. The number of aliphatic hydroxyl groups is 1. The Bertz CT molecular complexity index is 827. The summed E-state index contributed by atoms with van der Waals surface area (Å²) in [7, 11) is 1.70. The lowest BCUT2D eigenvalue weighted by Crippen LogP contribution is -2.13. The van der Waals surface area contributed by atoms with Crippen molar-refractivity contribution in [1.82, 2.24) is 0 Å². The number of hydrogen-bond acceptors (Lipinski definition) is 3. The molecule has 1 aliphatic rings. The van der Waals surface area contributed by atoms with Crippen LogP contribution in [0.15, 0.2) is 47.1 Å².